The maximum atomic E-state index is 10.9. The number of nitrogens with zero attached hydrogens (tertiary/aromatic N) is 1. The van der Waals surface area contributed by atoms with E-state index in [9.17, 15) is 5.11 Å². The van der Waals surface area contributed by atoms with Gasteiger partial charge in [-0.1, -0.05) is 47.5 Å². The minimum absolute atomic E-state index is 0. The van der Waals surface area contributed by atoms with E-state index in [0.29, 0.717) is 22.3 Å². The van der Waals surface area contributed by atoms with Gasteiger partial charge in [-0.25, -0.2) is 4.98 Å². The van der Waals surface area contributed by atoms with E-state index in [1.165, 1.54) is 0 Å². The zero-order valence-corrected chi connectivity index (χ0v) is 18.3. The van der Waals surface area contributed by atoms with E-state index in [2.05, 4.69) is 26.1 Å². The van der Waals surface area contributed by atoms with Gasteiger partial charge < -0.3 is 10.4 Å². The number of hydrogen-bond donors (Lipinski definition) is 2. The van der Waals surface area contributed by atoms with E-state index in [-0.39, 0.29) is 23.7 Å². The molecule has 6 heteroatoms. The molecular formula is C22H23Cl3N2O. The van der Waals surface area contributed by atoms with Crippen molar-refractivity contribution in [2.45, 2.75) is 32.9 Å². The summed E-state index contributed by atoms with van der Waals surface area (Å²) in [4.78, 5) is 4.71. The minimum atomic E-state index is -0.0728. The van der Waals surface area contributed by atoms with E-state index in [1.54, 1.807) is 12.1 Å². The summed E-state index contributed by atoms with van der Waals surface area (Å²) in [6.45, 7) is 6.79. The molecule has 0 amide bonds. The van der Waals surface area contributed by atoms with Crippen LogP contribution in [0.2, 0.25) is 10.0 Å². The molecule has 0 atom stereocenters. The molecule has 3 nitrogen and oxygen atoms in total. The molecule has 0 unspecified atom stereocenters. The predicted octanol–water partition coefficient (Wildman–Crippen LogP) is 6.74. The van der Waals surface area contributed by atoms with Gasteiger partial charge in [-0.2, -0.15) is 0 Å². The summed E-state index contributed by atoms with van der Waals surface area (Å²) < 4.78 is 0. The number of halogens is 3. The first-order valence-electron chi connectivity index (χ1n) is 8.73. The average Bonchev–Trinajstić information content (AvgIpc) is 2.62. The summed E-state index contributed by atoms with van der Waals surface area (Å²) in [5.41, 5.74) is 3.77. The van der Waals surface area contributed by atoms with Crippen LogP contribution in [0.1, 0.15) is 26.3 Å². The molecule has 0 spiro atoms. The fourth-order valence-corrected chi connectivity index (χ4v) is 2.92. The van der Waals surface area contributed by atoms with Gasteiger partial charge in [0.1, 0.15) is 11.4 Å². The van der Waals surface area contributed by atoms with Crippen LogP contribution in [-0.2, 0) is 6.54 Å². The van der Waals surface area contributed by atoms with Gasteiger partial charge in [0.05, 0.1) is 5.69 Å². The van der Waals surface area contributed by atoms with Crippen molar-refractivity contribution in [3.05, 3.63) is 70.2 Å². The monoisotopic (exact) mass is 436 g/mol. The van der Waals surface area contributed by atoms with E-state index in [4.69, 9.17) is 28.2 Å². The SMILES string of the molecule is CC(C)(C)NCc1cc(-c2ccc(Cl)cc2)nc(-c2ccc(Cl)cc2)c1O.Cl. The van der Waals surface area contributed by atoms with E-state index >= 15 is 0 Å². The molecule has 3 rings (SSSR count). The van der Waals surface area contributed by atoms with Gasteiger partial charge in [-0.05, 0) is 51.1 Å². The minimum Gasteiger partial charge on any atom is -0.505 e. The third-order valence-corrected chi connectivity index (χ3v) is 4.64. The molecule has 0 fully saturated rings. The van der Waals surface area contributed by atoms with Crippen LogP contribution in [-0.4, -0.2) is 15.6 Å². The third-order valence-electron chi connectivity index (χ3n) is 4.14. The number of hydrogen-bond acceptors (Lipinski definition) is 3. The largest absolute Gasteiger partial charge is 0.505 e. The highest BCUT2D eigenvalue weighted by atomic mass is 35.5. The van der Waals surface area contributed by atoms with Crippen LogP contribution in [0.15, 0.2) is 54.6 Å². The van der Waals surface area contributed by atoms with Gasteiger partial charge in [0.2, 0.25) is 0 Å². The number of pyridine rings is 1. The zero-order chi connectivity index (χ0) is 19.6. The molecule has 1 aromatic heterocycles. The standard InChI is InChI=1S/C22H22Cl2N2O.ClH/c1-22(2,3)25-13-16-12-19(14-4-8-17(23)9-5-14)26-20(21(16)27)15-6-10-18(24)11-7-15;/h4-12,25,27H,13H2,1-3H3;1H. The summed E-state index contributed by atoms with van der Waals surface area (Å²) in [6.07, 6.45) is 0. The fourth-order valence-electron chi connectivity index (χ4n) is 2.66. The van der Waals surface area contributed by atoms with Crippen LogP contribution >= 0.6 is 35.6 Å². The van der Waals surface area contributed by atoms with Crippen molar-refractivity contribution in [3.8, 4) is 28.3 Å². The quantitative estimate of drug-likeness (QED) is 0.475. The normalized spacial score (nSPS) is 11.2. The second-order valence-corrected chi connectivity index (χ2v) is 8.35. The molecule has 0 aliphatic carbocycles. The molecule has 3 aromatic rings. The van der Waals surface area contributed by atoms with Gasteiger partial charge in [-0.15, -0.1) is 12.4 Å². The molecule has 148 valence electrons. The molecule has 1 heterocycles. The first-order chi connectivity index (χ1) is 12.7. The lowest BCUT2D eigenvalue weighted by Gasteiger charge is -2.22. The van der Waals surface area contributed by atoms with Gasteiger partial charge >= 0.3 is 0 Å². The topological polar surface area (TPSA) is 45.2 Å². The van der Waals surface area contributed by atoms with Crippen LogP contribution in [0, 0.1) is 0 Å². The van der Waals surface area contributed by atoms with Crippen LogP contribution in [0.25, 0.3) is 22.5 Å². The lowest BCUT2D eigenvalue weighted by atomic mass is 10.0. The molecular weight excluding hydrogens is 415 g/mol. The first kappa shape index (κ1) is 22.5. The number of aromatic nitrogens is 1. The highest BCUT2D eigenvalue weighted by Crippen LogP contribution is 2.35. The Morgan fingerprint density at radius 2 is 1.39 bits per heavy atom. The Labute approximate surface area is 182 Å². The fraction of sp³-hybridized carbons (Fsp3) is 0.227. The lowest BCUT2D eigenvalue weighted by molar-refractivity contribution is 0.412. The van der Waals surface area contributed by atoms with Gasteiger partial charge in [0, 0.05) is 38.8 Å². The molecule has 2 aromatic carbocycles. The van der Waals surface area contributed by atoms with Crippen LogP contribution in [0.3, 0.4) is 0 Å². The molecule has 0 bridgehead atoms. The molecule has 0 saturated carbocycles. The van der Waals surface area contributed by atoms with Gasteiger partial charge in [0.15, 0.2) is 0 Å². The first-order valence-corrected chi connectivity index (χ1v) is 9.48. The molecule has 2 N–H and O–H groups in total. The van der Waals surface area contributed by atoms with E-state index in [0.717, 1.165) is 22.4 Å². The Hall–Kier alpha value is -1.78. The molecule has 0 saturated heterocycles. The van der Waals surface area contributed by atoms with Crippen LogP contribution in [0.5, 0.6) is 5.75 Å². The van der Waals surface area contributed by atoms with Crippen molar-refractivity contribution in [1.29, 1.82) is 0 Å². The molecule has 28 heavy (non-hydrogen) atoms. The number of benzene rings is 2. The van der Waals surface area contributed by atoms with Crippen molar-refractivity contribution in [1.82, 2.24) is 10.3 Å². The second-order valence-electron chi connectivity index (χ2n) is 7.48. The summed E-state index contributed by atoms with van der Waals surface area (Å²) in [5, 5.41) is 15.6. The van der Waals surface area contributed by atoms with Gasteiger partial charge in [-0.3, -0.25) is 0 Å². The maximum absolute atomic E-state index is 10.9. The maximum Gasteiger partial charge on any atom is 0.146 e. The van der Waals surface area contributed by atoms with E-state index < -0.39 is 0 Å². The molecule has 0 radical (unpaired) electrons. The second kappa shape index (κ2) is 9.15. The number of rotatable bonds is 4. The van der Waals surface area contributed by atoms with Crippen molar-refractivity contribution < 1.29 is 5.11 Å². The van der Waals surface area contributed by atoms with Crippen molar-refractivity contribution in [3.63, 3.8) is 0 Å². The molecule has 0 aliphatic heterocycles. The zero-order valence-electron chi connectivity index (χ0n) is 16.0. The van der Waals surface area contributed by atoms with Crippen molar-refractivity contribution in [2.75, 3.05) is 0 Å². The Kier molecular flexibility index (Phi) is 7.35. The van der Waals surface area contributed by atoms with Crippen molar-refractivity contribution >= 4 is 35.6 Å². The Bertz CT molecular complexity index is 934. The Balaban J connectivity index is 0.00000280. The Morgan fingerprint density at radius 1 is 0.893 bits per heavy atom. The van der Waals surface area contributed by atoms with Crippen LogP contribution < -0.4 is 5.32 Å². The van der Waals surface area contributed by atoms with Crippen molar-refractivity contribution in [2.24, 2.45) is 0 Å². The summed E-state index contributed by atoms with van der Waals surface area (Å²) >= 11 is 12.0. The summed E-state index contributed by atoms with van der Waals surface area (Å²) in [6, 6.07) is 16.7. The molecule has 0 aliphatic rings. The average molecular weight is 438 g/mol. The predicted molar refractivity (Wildman–Crippen MR) is 121 cm³/mol. The van der Waals surface area contributed by atoms with Crippen LogP contribution in [0.4, 0.5) is 0 Å². The smallest absolute Gasteiger partial charge is 0.146 e. The Morgan fingerprint density at radius 3 is 1.89 bits per heavy atom. The number of nitrogens with one attached hydrogen (secondary N) is 1. The highest BCUT2D eigenvalue weighted by molar-refractivity contribution is 6.30. The summed E-state index contributed by atoms with van der Waals surface area (Å²) in [5.74, 6) is 0.173. The third kappa shape index (κ3) is 5.62. The highest BCUT2D eigenvalue weighted by Gasteiger charge is 2.17. The van der Waals surface area contributed by atoms with E-state index in [1.807, 2.05) is 42.5 Å². The lowest BCUT2D eigenvalue weighted by Crippen LogP contribution is -2.35. The van der Waals surface area contributed by atoms with Gasteiger partial charge in [0.25, 0.3) is 0 Å². The summed E-state index contributed by atoms with van der Waals surface area (Å²) in [7, 11) is 0. The number of aromatic hydroxyl groups is 1.